The second kappa shape index (κ2) is 5.96. The Balaban J connectivity index is 1.14. The van der Waals surface area contributed by atoms with Crippen molar-refractivity contribution in [3.63, 3.8) is 0 Å². The van der Waals surface area contributed by atoms with Crippen LogP contribution in [0.3, 0.4) is 0 Å². The van der Waals surface area contributed by atoms with E-state index in [9.17, 15) is 9.59 Å². The zero-order valence-electron chi connectivity index (χ0n) is 15.2. The Hall–Kier alpha value is -2.08. The van der Waals surface area contributed by atoms with E-state index in [0.29, 0.717) is 29.3 Å². The Morgan fingerprint density at radius 2 is 2.11 bits per heavy atom. The molecule has 1 N–H and O–H groups in total. The van der Waals surface area contributed by atoms with Gasteiger partial charge in [-0.3, -0.25) is 9.59 Å². The van der Waals surface area contributed by atoms with Crippen LogP contribution in [0.15, 0.2) is 22.6 Å². The first kappa shape index (κ1) is 17.0. The van der Waals surface area contributed by atoms with Gasteiger partial charge in [-0.2, -0.15) is 0 Å². The largest absolute Gasteiger partial charge is 0.440 e. The quantitative estimate of drug-likeness (QED) is 0.878. The Labute approximate surface area is 162 Å². The molecule has 1 aromatic heterocycles. The van der Waals surface area contributed by atoms with Crippen LogP contribution < -0.4 is 5.32 Å². The summed E-state index contributed by atoms with van der Waals surface area (Å²) in [6.07, 6.45) is 4.48. The Morgan fingerprint density at radius 1 is 1.33 bits per heavy atom. The van der Waals surface area contributed by atoms with Gasteiger partial charge in [0.2, 0.25) is 11.8 Å². The van der Waals surface area contributed by atoms with E-state index >= 15 is 0 Å². The van der Waals surface area contributed by atoms with Gasteiger partial charge in [0.05, 0.1) is 5.92 Å². The Kier molecular flexibility index (Phi) is 3.76. The van der Waals surface area contributed by atoms with Gasteiger partial charge in [-0.25, -0.2) is 4.98 Å². The number of benzene rings is 1. The first-order valence-electron chi connectivity index (χ1n) is 9.51. The van der Waals surface area contributed by atoms with Crippen LogP contribution in [0, 0.1) is 11.3 Å². The van der Waals surface area contributed by atoms with Crippen molar-refractivity contribution in [2.24, 2.45) is 11.3 Å². The molecule has 0 radical (unpaired) electrons. The maximum Gasteiger partial charge on any atom is 0.225 e. The molecule has 7 heteroatoms. The number of fused-ring (bicyclic) bond motifs is 1. The van der Waals surface area contributed by atoms with Gasteiger partial charge in [-0.05, 0) is 49.3 Å². The molecule has 6 nitrogen and oxygen atoms in total. The number of carbonyl (C=O) groups is 2. The molecule has 2 saturated carbocycles. The number of halogens is 1. The monoisotopic (exact) mass is 387 g/mol. The Bertz CT molecular complexity index is 926. The summed E-state index contributed by atoms with van der Waals surface area (Å²) in [6.45, 7) is 0.534. The minimum absolute atomic E-state index is 0.0271. The number of hydrogen-bond donors (Lipinski definition) is 1. The first-order chi connectivity index (χ1) is 12.9. The van der Waals surface area contributed by atoms with E-state index < -0.39 is 0 Å². The fourth-order valence-corrected chi connectivity index (χ4v) is 5.20. The van der Waals surface area contributed by atoms with Crippen LogP contribution in [0.2, 0.25) is 5.02 Å². The molecule has 3 fully saturated rings. The fourth-order valence-electron chi connectivity index (χ4n) is 5.03. The van der Waals surface area contributed by atoms with E-state index in [-0.39, 0.29) is 23.8 Å². The van der Waals surface area contributed by atoms with Gasteiger partial charge in [0.25, 0.3) is 0 Å². The van der Waals surface area contributed by atoms with Gasteiger partial charge >= 0.3 is 0 Å². The van der Waals surface area contributed by atoms with E-state index in [1.54, 1.807) is 11.9 Å². The van der Waals surface area contributed by atoms with E-state index in [1.165, 1.54) is 0 Å². The van der Waals surface area contributed by atoms with Crippen molar-refractivity contribution in [1.29, 1.82) is 0 Å². The van der Waals surface area contributed by atoms with Gasteiger partial charge in [0.1, 0.15) is 5.52 Å². The molecule has 1 aliphatic heterocycles. The summed E-state index contributed by atoms with van der Waals surface area (Å²) in [5.74, 6) is 1.05. The lowest BCUT2D eigenvalue weighted by molar-refractivity contribution is -0.130. The van der Waals surface area contributed by atoms with Crippen molar-refractivity contribution in [3.05, 3.63) is 29.1 Å². The maximum absolute atomic E-state index is 12.3. The van der Waals surface area contributed by atoms with Crippen molar-refractivity contribution < 1.29 is 14.0 Å². The molecule has 2 aliphatic carbocycles. The highest BCUT2D eigenvalue weighted by atomic mass is 35.5. The molecule has 1 atom stereocenters. The number of oxazole rings is 1. The van der Waals surface area contributed by atoms with Crippen LogP contribution in [0.5, 0.6) is 0 Å². The summed E-state index contributed by atoms with van der Waals surface area (Å²) in [6, 6.07) is 5.75. The number of carbonyl (C=O) groups excluding carboxylic acids is 2. The van der Waals surface area contributed by atoms with Crippen LogP contribution >= 0.6 is 11.6 Å². The minimum Gasteiger partial charge on any atom is -0.440 e. The van der Waals surface area contributed by atoms with Gasteiger partial charge in [0.15, 0.2) is 11.5 Å². The number of rotatable bonds is 3. The molecule has 1 spiro atoms. The molecule has 1 aromatic carbocycles. The van der Waals surface area contributed by atoms with Gasteiger partial charge in [-0.1, -0.05) is 11.6 Å². The molecular weight excluding hydrogens is 366 g/mol. The average molecular weight is 388 g/mol. The lowest BCUT2D eigenvalue weighted by Crippen LogP contribution is -2.56. The highest BCUT2D eigenvalue weighted by molar-refractivity contribution is 6.31. The fraction of sp³-hybridized carbons (Fsp3) is 0.550. The summed E-state index contributed by atoms with van der Waals surface area (Å²) in [7, 11) is 1.75. The molecule has 0 unspecified atom stereocenters. The van der Waals surface area contributed by atoms with Crippen molar-refractivity contribution in [3.8, 4) is 0 Å². The molecule has 0 bridgehead atoms. The number of nitrogens with zero attached hydrogens (tertiary/aromatic N) is 2. The van der Waals surface area contributed by atoms with Crippen LogP contribution in [0.25, 0.3) is 11.1 Å². The van der Waals surface area contributed by atoms with E-state index in [4.69, 9.17) is 16.0 Å². The van der Waals surface area contributed by atoms with Crippen LogP contribution in [-0.2, 0) is 9.59 Å². The normalized spacial score (nSPS) is 32.6. The van der Waals surface area contributed by atoms with Gasteiger partial charge in [0, 0.05) is 37.0 Å². The second-order valence-corrected chi connectivity index (χ2v) is 8.99. The average Bonchev–Trinajstić information content (AvgIpc) is 3.11. The minimum atomic E-state index is -0.195. The summed E-state index contributed by atoms with van der Waals surface area (Å²) >= 11 is 6.02. The molecule has 5 rings (SSSR count). The first-order valence-corrected chi connectivity index (χ1v) is 9.89. The molecule has 2 aromatic rings. The summed E-state index contributed by atoms with van der Waals surface area (Å²) in [4.78, 5) is 30.2. The smallest absolute Gasteiger partial charge is 0.225 e. The SMILES string of the molecule is CN1C[C@@H](C(=O)N[C@H]2CC3(C2)C[C@H](c2nc4cc(Cl)ccc4o2)C3)CC1=O. The molecule has 1 saturated heterocycles. The van der Waals surface area contributed by atoms with E-state index in [2.05, 4.69) is 10.3 Å². The molecule has 142 valence electrons. The zero-order chi connectivity index (χ0) is 18.8. The highest BCUT2D eigenvalue weighted by Gasteiger charge is 2.55. The summed E-state index contributed by atoms with van der Waals surface area (Å²) in [5, 5.41) is 3.80. The third-order valence-electron chi connectivity index (χ3n) is 6.49. The Morgan fingerprint density at radius 3 is 2.81 bits per heavy atom. The lowest BCUT2D eigenvalue weighted by Gasteiger charge is -2.57. The zero-order valence-corrected chi connectivity index (χ0v) is 16.0. The molecular formula is C20H22ClN3O3. The van der Waals surface area contributed by atoms with Crippen molar-refractivity contribution in [2.75, 3.05) is 13.6 Å². The molecule has 2 heterocycles. The van der Waals surface area contributed by atoms with Gasteiger partial charge in [-0.15, -0.1) is 0 Å². The third kappa shape index (κ3) is 2.90. The van der Waals surface area contributed by atoms with Crippen molar-refractivity contribution >= 4 is 34.5 Å². The standard InChI is InChI=1S/C20H22ClN3O3/c1-24-10-11(4-17(24)25)18(26)22-14-8-20(9-14)6-12(7-20)19-23-15-5-13(21)2-3-16(15)27-19/h2-3,5,11-12,14H,4,6-10H2,1H3,(H,22,26)/t11-,12-,14-,20?/m0/s1. The number of nitrogens with one attached hydrogen (secondary N) is 1. The third-order valence-corrected chi connectivity index (χ3v) is 6.73. The molecule has 3 aliphatic rings. The molecule has 27 heavy (non-hydrogen) atoms. The van der Waals surface area contributed by atoms with Gasteiger partial charge < -0.3 is 14.6 Å². The van der Waals surface area contributed by atoms with Crippen LogP contribution in [0.4, 0.5) is 0 Å². The van der Waals surface area contributed by atoms with E-state index in [0.717, 1.165) is 42.7 Å². The van der Waals surface area contributed by atoms with Crippen LogP contribution in [-0.4, -0.2) is 41.3 Å². The number of hydrogen-bond acceptors (Lipinski definition) is 4. The number of aromatic nitrogens is 1. The van der Waals surface area contributed by atoms with Crippen LogP contribution in [0.1, 0.15) is 43.9 Å². The number of amides is 2. The summed E-state index contributed by atoms with van der Waals surface area (Å²) in [5.41, 5.74) is 1.92. The van der Waals surface area contributed by atoms with E-state index in [1.807, 2.05) is 18.2 Å². The summed E-state index contributed by atoms with van der Waals surface area (Å²) < 4.78 is 5.89. The highest BCUT2D eigenvalue weighted by Crippen LogP contribution is 2.61. The topological polar surface area (TPSA) is 75.4 Å². The lowest BCUT2D eigenvalue weighted by atomic mass is 9.50. The predicted octanol–water partition coefficient (Wildman–Crippen LogP) is 3.10. The maximum atomic E-state index is 12.3. The predicted molar refractivity (Wildman–Crippen MR) is 100 cm³/mol. The number of likely N-dealkylation sites (tertiary alicyclic amines) is 1. The molecule has 2 amide bonds. The van der Waals surface area contributed by atoms with Crippen molar-refractivity contribution in [2.45, 2.75) is 44.1 Å². The second-order valence-electron chi connectivity index (χ2n) is 8.56. The van der Waals surface area contributed by atoms with Crippen molar-refractivity contribution in [1.82, 2.24) is 15.2 Å².